The Kier molecular flexibility index (Phi) is 7.20. The molecule has 0 aromatic heterocycles. The molecule has 0 bridgehead atoms. The first-order valence-electron chi connectivity index (χ1n) is 5.79. The van der Waals surface area contributed by atoms with Crippen LogP contribution in [-0.2, 0) is 14.3 Å². The highest BCUT2D eigenvalue weighted by Gasteiger charge is 2.34. The summed E-state index contributed by atoms with van der Waals surface area (Å²) in [6.45, 7) is 0. The van der Waals surface area contributed by atoms with E-state index in [4.69, 9.17) is 16.6 Å². The van der Waals surface area contributed by atoms with Crippen molar-refractivity contribution in [2.75, 3.05) is 7.11 Å². The number of carboxylic acid groups (broad SMARTS) is 1. The van der Waals surface area contributed by atoms with Crippen molar-refractivity contribution in [1.82, 2.24) is 0 Å². The van der Waals surface area contributed by atoms with Gasteiger partial charge in [-0.2, -0.15) is 0 Å². The van der Waals surface area contributed by atoms with Gasteiger partial charge in [0.05, 0.1) is 7.11 Å². The fourth-order valence-electron chi connectivity index (χ4n) is 1.44. The lowest BCUT2D eigenvalue weighted by Gasteiger charge is -2.05. The van der Waals surface area contributed by atoms with Gasteiger partial charge >= 0.3 is 11.9 Å². The summed E-state index contributed by atoms with van der Waals surface area (Å²) in [4.78, 5) is 20.7. The SMILES string of the molecule is COC(=O)[C@@H](N)C1CC1.Cl.N[C@H](C(=O)O)C1CC1. The van der Waals surface area contributed by atoms with Gasteiger partial charge in [0.25, 0.3) is 0 Å². The number of hydrogen-bond donors (Lipinski definition) is 3. The maximum Gasteiger partial charge on any atom is 0.322 e. The minimum absolute atomic E-state index is 0. The van der Waals surface area contributed by atoms with E-state index in [0.717, 1.165) is 25.7 Å². The van der Waals surface area contributed by atoms with Crippen LogP contribution >= 0.6 is 12.4 Å². The van der Waals surface area contributed by atoms with Crippen molar-refractivity contribution in [1.29, 1.82) is 0 Å². The van der Waals surface area contributed by atoms with Gasteiger partial charge in [0.2, 0.25) is 0 Å². The van der Waals surface area contributed by atoms with E-state index >= 15 is 0 Å². The van der Waals surface area contributed by atoms with E-state index in [1.54, 1.807) is 0 Å². The largest absolute Gasteiger partial charge is 0.480 e. The molecule has 2 saturated carbocycles. The molecule has 0 saturated heterocycles. The number of ether oxygens (including phenoxy) is 1. The molecule has 0 heterocycles. The van der Waals surface area contributed by atoms with Gasteiger partial charge in [-0.15, -0.1) is 12.4 Å². The zero-order chi connectivity index (χ0) is 13.0. The lowest BCUT2D eigenvalue weighted by atomic mass is 10.2. The third kappa shape index (κ3) is 5.66. The first-order chi connectivity index (χ1) is 7.97. The summed E-state index contributed by atoms with van der Waals surface area (Å²) in [6, 6.07) is -0.968. The average molecular weight is 281 g/mol. The molecule has 0 aromatic rings. The van der Waals surface area contributed by atoms with Crippen LogP contribution in [0.5, 0.6) is 0 Å². The van der Waals surface area contributed by atoms with Crippen LogP contribution in [0.25, 0.3) is 0 Å². The summed E-state index contributed by atoms with van der Waals surface area (Å²) in [5, 5.41) is 8.27. The van der Waals surface area contributed by atoms with Gasteiger partial charge in [0, 0.05) is 0 Å². The van der Waals surface area contributed by atoms with Crippen LogP contribution in [0.4, 0.5) is 0 Å². The number of carboxylic acids is 1. The normalized spacial score (nSPS) is 20.6. The Morgan fingerprint density at radius 1 is 1.11 bits per heavy atom. The summed E-state index contributed by atoms with van der Waals surface area (Å²) in [7, 11) is 1.37. The van der Waals surface area contributed by atoms with Crippen LogP contribution in [0.1, 0.15) is 25.7 Å². The number of carbonyl (C=O) groups excluding carboxylic acids is 1. The molecule has 0 spiro atoms. The van der Waals surface area contributed by atoms with E-state index in [9.17, 15) is 9.59 Å². The second-order valence-electron chi connectivity index (χ2n) is 4.59. The summed E-state index contributed by atoms with van der Waals surface area (Å²) < 4.78 is 4.45. The molecule has 2 aliphatic carbocycles. The summed E-state index contributed by atoms with van der Waals surface area (Å²) in [5.41, 5.74) is 10.7. The van der Waals surface area contributed by atoms with Crippen LogP contribution in [0.2, 0.25) is 0 Å². The number of hydrogen-bond acceptors (Lipinski definition) is 5. The molecule has 5 N–H and O–H groups in total. The van der Waals surface area contributed by atoms with Crippen LogP contribution in [0.3, 0.4) is 0 Å². The number of nitrogens with two attached hydrogens (primary N) is 2. The fourth-order valence-corrected chi connectivity index (χ4v) is 1.44. The maximum absolute atomic E-state index is 10.6. The number of aliphatic carboxylic acids is 1. The molecule has 18 heavy (non-hydrogen) atoms. The molecular weight excluding hydrogens is 260 g/mol. The second-order valence-corrected chi connectivity index (χ2v) is 4.59. The minimum Gasteiger partial charge on any atom is -0.480 e. The van der Waals surface area contributed by atoms with E-state index in [-0.39, 0.29) is 30.3 Å². The number of halogens is 1. The van der Waals surface area contributed by atoms with Crippen molar-refractivity contribution in [2.45, 2.75) is 37.8 Å². The zero-order valence-electron chi connectivity index (χ0n) is 10.4. The highest BCUT2D eigenvalue weighted by Crippen LogP contribution is 2.32. The molecule has 2 aliphatic rings. The van der Waals surface area contributed by atoms with E-state index in [0.29, 0.717) is 5.92 Å². The molecule has 106 valence electrons. The molecule has 0 amide bonds. The third-order valence-corrected chi connectivity index (χ3v) is 3.02. The standard InChI is InChI=1S/C6H11NO2.C5H9NO2.ClH/c1-9-6(8)5(7)4-2-3-4;6-4(5(7)8)3-1-2-3;/h4-5H,2-3,7H2,1H3;3-4H,1-2,6H2,(H,7,8);1H/t5-;4-;/m00./s1. The van der Waals surface area contributed by atoms with Crippen LogP contribution in [-0.4, -0.2) is 36.2 Å². The van der Waals surface area contributed by atoms with E-state index in [1.165, 1.54) is 7.11 Å². The van der Waals surface area contributed by atoms with Crippen molar-refractivity contribution >= 4 is 24.3 Å². The van der Waals surface area contributed by atoms with Crippen molar-refractivity contribution in [3.8, 4) is 0 Å². The fraction of sp³-hybridized carbons (Fsp3) is 0.818. The van der Waals surface area contributed by atoms with Crippen molar-refractivity contribution in [3.63, 3.8) is 0 Å². The van der Waals surface area contributed by atoms with Gasteiger partial charge in [-0.25, -0.2) is 0 Å². The van der Waals surface area contributed by atoms with Gasteiger partial charge < -0.3 is 21.3 Å². The van der Waals surface area contributed by atoms with Crippen LogP contribution in [0, 0.1) is 11.8 Å². The molecular formula is C11H21ClN2O4. The molecule has 0 aromatic carbocycles. The number of esters is 1. The lowest BCUT2D eigenvalue weighted by Crippen LogP contribution is -2.33. The van der Waals surface area contributed by atoms with Gasteiger partial charge in [0.15, 0.2) is 0 Å². The monoisotopic (exact) mass is 280 g/mol. The first-order valence-corrected chi connectivity index (χ1v) is 5.79. The number of rotatable bonds is 4. The molecule has 6 nitrogen and oxygen atoms in total. The summed E-state index contributed by atoms with van der Waals surface area (Å²) >= 11 is 0. The predicted molar refractivity (Wildman–Crippen MR) is 68.3 cm³/mol. The third-order valence-electron chi connectivity index (χ3n) is 3.02. The maximum atomic E-state index is 10.6. The van der Waals surface area contributed by atoms with E-state index < -0.39 is 12.0 Å². The van der Waals surface area contributed by atoms with Gasteiger partial charge in [-0.05, 0) is 37.5 Å². The molecule has 0 aliphatic heterocycles. The number of methoxy groups -OCH3 is 1. The Balaban J connectivity index is 0.000000306. The highest BCUT2D eigenvalue weighted by molar-refractivity contribution is 5.85. The van der Waals surface area contributed by atoms with Gasteiger partial charge in [-0.1, -0.05) is 0 Å². The first kappa shape index (κ1) is 17.2. The topological polar surface area (TPSA) is 116 Å². The molecule has 7 heteroatoms. The zero-order valence-corrected chi connectivity index (χ0v) is 11.2. The predicted octanol–water partition coefficient (Wildman–Crippen LogP) is 0.127. The summed E-state index contributed by atoms with van der Waals surface area (Å²) in [6.07, 6.45) is 4.15. The molecule has 0 unspecified atom stereocenters. The van der Waals surface area contributed by atoms with Crippen molar-refractivity contribution in [3.05, 3.63) is 0 Å². The Morgan fingerprint density at radius 3 is 1.72 bits per heavy atom. The van der Waals surface area contributed by atoms with Crippen molar-refractivity contribution < 1.29 is 19.4 Å². The minimum atomic E-state index is -0.868. The summed E-state index contributed by atoms with van der Waals surface area (Å²) in [5.74, 6) is -0.477. The quantitative estimate of drug-likeness (QED) is 0.630. The second kappa shape index (κ2) is 7.56. The molecule has 2 rings (SSSR count). The smallest absolute Gasteiger partial charge is 0.322 e. The Hall–Kier alpha value is -0.850. The van der Waals surface area contributed by atoms with Gasteiger partial charge in [0.1, 0.15) is 12.1 Å². The van der Waals surface area contributed by atoms with Crippen molar-refractivity contribution in [2.24, 2.45) is 23.3 Å². The molecule has 2 fully saturated rings. The van der Waals surface area contributed by atoms with E-state index in [1.807, 2.05) is 0 Å². The molecule has 2 atom stereocenters. The Morgan fingerprint density at radius 2 is 1.50 bits per heavy atom. The number of carbonyl (C=O) groups is 2. The van der Waals surface area contributed by atoms with Crippen LogP contribution < -0.4 is 11.5 Å². The molecule has 0 radical (unpaired) electrons. The average Bonchev–Trinajstić information content (AvgIpc) is 3.19. The lowest BCUT2D eigenvalue weighted by molar-refractivity contribution is -0.142. The Bertz CT molecular complexity index is 293. The van der Waals surface area contributed by atoms with Crippen LogP contribution in [0.15, 0.2) is 0 Å². The van der Waals surface area contributed by atoms with E-state index in [2.05, 4.69) is 4.74 Å². The highest BCUT2D eigenvalue weighted by atomic mass is 35.5. The van der Waals surface area contributed by atoms with Gasteiger partial charge in [-0.3, -0.25) is 9.59 Å². The Labute approximate surface area is 112 Å².